The summed E-state index contributed by atoms with van der Waals surface area (Å²) in [7, 11) is 0. The van der Waals surface area contributed by atoms with Gasteiger partial charge in [-0.3, -0.25) is 0 Å². The Kier molecular flexibility index (Phi) is 2.89. The third-order valence-corrected chi connectivity index (χ3v) is 4.93. The Morgan fingerprint density at radius 2 is 2.13 bits per heavy atom. The minimum absolute atomic E-state index is 0.0351. The molecule has 0 amide bonds. The first-order valence-electron chi connectivity index (χ1n) is 7.47. The van der Waals surface area contributed by atoms with Crippen LogP contribution in [0.3, 0.4) is 0 Å². The van der Waals surface area contributed by atoms with E-state index in [1.54, 1.807) is 0 Å². The van der Waals surface area contributed by atoms with Crippen LogP contribution >= 0.6 is 0 Å². The van der Waals surface area contributed by atoms with Crippen molar-refractivity contribution in [1.82, 2.24) is 4.98 Å². The van der Waals surface area contributed by atoms with Gasteiger partial charge >= 0.3 is 6.18 Å². The van der Waals surface area contributed by atoms with Crippen LogP contribution in [-0.2, 0) is 6.18 Å². The Morgan fingerprint density at radius 1 is 1.30 bits per heavy atom. The Balaban J connectivity index is 1.64. The number of pyridine rings is 1. The van der Waals surface area contributed by atoms with Crippen LogP contribution < -0.4 is 10.5 Å². The predicted octanol–water partition coefficient (Wildman–Crippen LogP) is 4.10. The van der Waals surface area contributed by atoms with Crippen molar-refractivity contribution >= 4 is 5.69 Å². The third-order valence-electron chi connectivity index (χ3n) is 4.93. The second-order valence-corrected chi connectivity index (χ2v) is 6.34. The van der Waals surface area contributed by atoms with Gasteiger partial charge < -0.3 is 10.5 Å². The minimum Gasteiger partial charge on any atom is -0.441 e. The number of hydrogen-bond acceptors (Lipinski definition) is 3. The van der Waals surface area contributed by atoms with Crippen LogP contribution in [0.15, 0.2) is 48.4 Å². The minimum atomic E-state index is -4.47. The molecule has 3 nitrogen and oxygen atoms in total. The monoisotopic (exact) mass is 320 g/mol. The summed E-state index contributed by atoms with van der Waals surface area (Å²) < 4.78 is 43.9. The number of nitrogens with zero attached hydrogens (tertiary/aromatic N) is 1. The van der Waals surface area contributed by atoms with Crippen LogP contribution in [0.5, 0.6) is 5.88 Å². The maximum Gasteiger partial charge on any atom is 0.417 e. The number of fused-ring (bicyclic) bond motifs is 1. The Morgan fingerprint density at radius 3 is 2.87 bits per heavy atom. The standard InChI is InChI=1S/C17H15F3N2O/c18-17(19,20)12-7-13(21)15(22-9-12)23-14-6-10-5-11-3-1-2-4-16(11,14)8-10/h1-4,6-7,9-11H,5,8,21H2. The molecule has 120 valence electrons. The lowest BCUT2D eigenvalue weighted by molar-refractivity contribution is -0.137. The number of nitrogen functional groups attached to an aromatic ring is 1. The number of halogens is 3. The van der Waals surface area contributed by atoms with Gasteiger partial charge in [0.25, 0.3) is 0 Å². The van der Waals surface area contributed by atoms with Gasteiger partial charge in [-0.2, -0.15) is 13.2 Å². The quantitative estimate of drug-likeness (QED) is 0.892. The number of aromatic nitrogens is 1. The average molecular weight is 320 g/mol. The molecule has 1 heterocycles. The number of anilines is 1. The molecular weight excluding hydrogens is 305 g/mol. The molecule has 4 rings (SSSR count). The predicted molar refractivity (Wildman–Crippen MR) is 79.3 cm³/mol. The molecule has 1 saturated carbocycles. The van der Waals surface area contributed by atoms with E-state index in [1.807, 2.05) is 12.2 Å². The van der Waals surface area contributed by atoms with E-state index in [0.29, 0.717) is 11.8 Å². The van der Waals surface area contributed by atoms with Crippen molar-refractivity contribution in [3.05, 3.63) is 54.0 Å². The normalized spacial score (nSPS) is 31.2. The molecule has 3 atom stereocenters. The summed E-state index contributed by atoms with van der Waals surface area (Å²) in [5, 5.41) is 0. The molecule has 1 aromatic heterocycles. The molecule has 3 unspecified atom stereocenters. The Bertz CT molecular complexity index is 751. The van der Waals surface area contributed by atoms with Gasteiger partial charge in [0.1, 0.15) is 5.76 Å². The van der Waals surface area contributed by atoms with E-state index in [2.05, 4.69) is 23.2 Å². The number of allylic oxidation sites excluding steroid dienone is 5. The molecule has 6 heteroatoms. The Labute approximate surface area is 131 Å². The molecular formula is C17H15F3N2O. The zero-order valence-corrected chi connectivity index (χ0v) is 12.2. The summed E-state index contributed by atoms with van der Waals surface area (Å²) in [5.74, 6) is 1.58. The summed E-state index contributed by atoms with van der Waals surface area (Å²) in [6, 6.07) is 0.863. The van der Waals surface area contributed by atoms with Crippen molar-refractivity contribution in [2.45, 2.75) is 19.0 Å². The number of rotatable bonds is 2. The van der Waals surface area contributed by atoms with E-state index in [9.17, 15) is 13.2 Å². The zero-order chi connectivity index (χ0) is 16.2. The van der Waals surface area contributed by atoms with Gasteiger partial charge in [-0.25, -0.2) is 4.98 Å². The second kappa shape index (κ2) is 4.63. The van der Waals surface area contributed by atoms with E-state index in [0.717, 1.165) is 30.9 Å². The highest BCUT2D eigenvalue weighted by molar-refractivity contribution is 5.51. The molecule has 0 saturated heterocycles. The lowest BCUT2D eigenvalue weighted by atomic mass is 9.74. The summed E-state index contributed by atoms with van der Waals surface area (Å²) in [6.07, 6.45) is 8.69. The van der Waals surface area contributed by atoms with Gasteiger partial charge in [0, 0.05) is 6.20 Å². The summed E-state index contributed by atoms with van der Waals surface area (Å²) in [5.41, 5.74) is 4.54. The molecule has 0 radical (unpaired) electrons. The fraction of sp³-hybridized carbons (Fsp3) is 0.353. The van der Waals surface area contributed by atoms with E-state index >= 15 is 0 Å². The third kappa shape index (κ3) is 2.16. The molecule has 2 bridgehead atoms. The van der Waals surface area contributed by atoms with Gasteiger partial charge in [-0.15, -0.1) is 0 Å². The molecule has 0 aromatic carbocycles. The lowest BCUT2D eigenvalue weighted by Crippen LogP contribution is -2.28. The fourth-order valence-corrected chi connectivity index (χ4v) is 3.88. The van der Waals surface area contributed by atoms with Crippen molar-refractivity contribution in [3.63, 3.8) is 0 Å². The molecule has 1 spiro atoms. The summed E-state index contributed by atoms with van der Waals surface area (Å²) in [4.78, 5) is 3.78. The number of hydrogen-bond donors (Lipinski definition) is 1. The van der Waals surface area contributed by atoms with Crippen LogP contribution in [0.1, 0.15) is 18.4 Å². The zero-order valence-electron chi connectivity index (χ0n) is 12.2. The van der Waals surface area contributed by atoms with Crippen LogP contribution in [-0.4, -0.2) is 4.98 Å². The van der Waals surface area contributed by atoms with Crippen LogP contribution in [0.4, 0.5) is 18.9 Å². The van der Waals surface area contributed by atoms with Crippen molar-refractivity contribution in [1.29, 1.82) is 0 Å². The van der Waals surface area contributed by atoms with Crippen molar-refractivity contribution in [2.75, 3.05) is 5.73 Å². The fourth-order valence-electron chi connectivity index (χ4n) is 3.88. The maximum absolute atomic E-state index is 12.7. The highest BCUT2D eigenvalue weighted by Crippen LogP contribution is 2.60. The van der Waals surface area contributed by atoms with E-state index in [4.69, 9.17) is 10.5 Å². The topological polar surface area (TPSA) is 48.1 Å². The molecule has 1 fully saturated rings. The van der Waals surface area contributed by atoms with Crippen molar-refractivity contribution in [2.24, 2.45) is 17.3 Å². The van der Waals surface area contributed by atoms with Gasteiger partial charge in [-0.1, -0.05) is 24.3 Å². The SMILES string of the molecule is Nc1cc(C(F)(F)F)cnc1OC1=CC2CC3C=CC=CC13C2. The molecule has 0 aliphatic heterocycles. The summed E-state index contributed by atoms with van der Waals surface area (Å²) in [6.45, 7) is 0. The van der Waals surface area contributed by atoms with Gasteiger partial charge in [0.2, 0.25) is 5.88 Å². The number of alkyl halides is 3. The average Bonchev–Trinajstić information content (AvgIpc) is 3.01. The number of ether oxygens (including phenoxy) is 1. The van der Waals surface area contributed by atoms with E-state index in [1.165, 1.54) is 0 Å². The van der Waals surface area contributed by atoms with Gasteiger partial charge in [0.15, 0.2) is 0 Å². The molecule has 3 aliphatic rings. The lowest BCUT2D eigenvalue weighted by Gasteiger charge is -2.34. The molecule has 2 N–H and O–H groups in total. The smallest absolute Gasteiger partial charge is 0.417 e. The number of nitrogens with two attached hydrogens (primary N) is 1. The first-order valence-corrected chi connectivity index (χ1v) is 7.47. The Hall–Kier alpha value is -2.24. The first-order chi connectivity index (χ1) is 10.9. The van der Waals surface area contributed by atoms with Crippen LogP contribution in [0.2, 0.25) is 0 Å². The van der Waals surface area contributed by atoms with E-state index in [-0.39, 0.29) is 17.0 Å². The van der Waals surface area contributed by atoms with Crippen molar-refractivity contribution < 1.29 is 17.9 Å². The van der Waals surface area contributed by atoms with Crippen LogP contribution in [0, 0.1) is 17.3 Å². The van der Waals surface area contributed by atoms with E-state index < -0.39 is 11.7 Å². The summed E-state index contributed by atoms with van der Waals surface area (Å²) >= 11 is 0. The highest BCUT2D eigenvalue weighted by atomic mass is 19.4. The highest BCUT2D eigenvalue weighted by Gasteiger charge is 2.53. The van der Waals surface area contributed by atoms with Crippen LogP contribution in [0.25, 0.3) is 0 Å². The largest absolute Gasteiger partial charge is 0.441 e. The van der Waals surface area contributed by atoms with Gasteiger partial charge in [-0.05, 0) is 36.8 Å². The maximum atomic E-state index is 12.7. The van der Waals surface area contributed by atoms with Gasteiger partial charge in [0.05, 0.1) is 16.7 Å². The molecule has 23 heavy (non-hydrogen) atoms. The first kappa shape index (κ1) is 14.4. The molecule has 3 aliphatic carbocycles. The molecule has 1 aromatic rings. The van der Waals surface area contributed by atoms with Crippen molar-refractivity contribution in [3.8, 4) is 5.88 Å². The second-order valence-electron chi connectivity index (χ2n) is 6.34.